The summed E-state index contributed by atoms with van der Waals surface area (Å²) < 4.78 is 27.3. The van der Waals surface area contributed by atoms with Crippen LogP contribution in [0.25, 0.3) is 28.0 Å². The Balaban J connectivity index is 1.54. The predicted octanol–water partition coefficient (Wildman–Crippen LogP) is 8.67. The Hall–Kier alpha value is -3.95. The number of ether oxygens (including phenoxy) is 4. The van der Waals surface area contributed by atoms with Crippen LogP contribution >= 0.6 is 0 Å². The summed E-state index contributed by atoms with van der Waals surface area (Å²) in [7, 11) is 0. The van der Waals surface area contributed by atoms with Crippen LogP contribution in [0, 0.1) is 19.8 Å². The first kappa shape index (κ1) is 35.9. The van der Waals surface area contributed by atoms with Gasteiger partial charge in [0.05, 0.1) is 35.2 Å². The van der Waals surface area contributed by atoms with Gasteiger partial charge in [-0.1, -0.05) is 36.8 Å². The maximum atomic E-state index is 13.7. The highest BCUT2D eigenvalue weighted by atomic mass is 16.6. The maximum absolute atomic E-state index is 13.7. The topological polar surface area (TPSA) is 87.4 Å². The monoisotopic (exact) mass is 682 g/mol. The summed E-state index contributed by atoms with van der Waals surface area (Å²) in [5.74, 6) is 1.61. The van der Waals surface area contributed by atoms with E-state index in [9.17, 15) is 4.79 Å². The second-order valence-electron chi connectivity index (χ2n) is 15.4. The second-order valence-corrected chi connectivity index (χ2v) is 15.4. The van der Waals surface area contributed by atoms with Crippen LogP contribution in [0.3, 0.4) is 0 Å². The average molecular weight is 683 g/mol. The molecule has 3 aliphatic heterocycles. The van der Waals surface area contributed by atoms with Gasteiger partial charge in [0, 0.05) is 42.6 Å². The van der Waals surface area contributed by atoms with Crippen LogP contribution in [0.5, 0.6) is 5.75 Å². The van der Waals surface area contributed by atoms with Gasteiger partial charge in [-0.3, -0.25) is 0 Å². The number of carbonyl (C=O) groups is 1. The maximum Gasteiger partial charge on any atom is 0.340 e. The number of nitrogens with zero attached hydrogens (tertiary/aromatic N) is 4. The number of esters is 1. The van der Waals surface area contributed by atoms with Crippen molar-refractivity contribution in [1.82, 2.24) is 14.6 Å². The molecule has 9 heteroatoms. The molecule has 2 aromatic heterocycles. The lowest BCUT2D eigenvalue weighted by Crippen LogP contribution is -2.46. The molecular weight excluding hydrogens is 628 g/mol. The zero-order valence-electron chi connectivity index (χ0n) is 31.3. The minimum atomic E-state index is -0.975. The number of piperidine rings is 1. The third kappa shape index (κ3) is 7.69. The van der Waals surface area contributed by atoms with Gasteiger partial charge in [-0.2, -0.15) is 9.61 Å². The number of anilines is 1. The van der Waals surface area contributed by atoms with Crippen molar-refractivity contribution in [2.45, 2.75) is 111 Å². The van der Waals surface area contributed by atoms with E-state index in [0.717, 1.165) is 72.7 Å². The van der Waals surface area contributed by atoms with Gasteiger partial charge in [0.25, 0.3) is 0 Å². The minimum Gasteiger partial charge on any atom is -0.490 e. The van der Waals surface area contributed by atoms with E-state index >= 15 is 0 Å². The molecule has 3 atom stereocenters. The summed E-state index contributed by atoms with van der Waals surface area (Å²) in [5.41, 5.74) is 6.27. The summed E-state index contributed by atoms with van der Waals surface area (Å²) >= 11 is 0. The Labute approximate surface area is 297 Å². The van der Waals surface area contributed by atoms with Gasteiger partial charge in [-0.05, 0) is 111 Å². The van der Waals surface area contributed by atoms with E-state index in [-0.39, 0.29) is 18.3 Å². The fourth-order valence-corrected chi connectivity index (χ4v) is 7.09. The number of benzene rings is 2. The van der Waals surface area contributed by atoms with Crippen molar-refractivity contribution in [3.63, 3.8) is 0 Å². The SMILES string of the molecule is CCOC(=O)C(OC(C)(C)C)c1c(C)nc2cc3nn2c1N1CCC(C)(CC1)OCCCC(C)C(C)Oc1ccc(C)cc1-c1cccc-3c1. The van der Waals surface area contributed by atoms with Gasteiger partial charge >= 0.3 is 5.97 Å². The van der Waals surface area contributed by atoms with Crippen molar-refractivity contribution in [1.29, 1.82) is 0 Å². The molecule has 0 spiro atoms. The molecule has 0 amide bonds. The van der Waals surface area contributed by atoms with Gasteiger partial charge < -0.3 is 23.8 Å². The molecule has 1 fully saturated rings. The molecule has 0 radical (unpaired) electrons. The number of hydrogen-bond donors (Lipinski definition) is 0. The van der Waals surface area contributed by atoms with Crippen molar-refractivity contribution in [2.75, 3.05) is 31.2 Å². The summed E-state index contributed by atoms with van der Waals surface area (Å²) in [4.78, 5) is 21.0. The number of fused-ring (bicyclic) bond motifs is 8. The largest absolute Gasteiger partial charge is 0.490 e. The summed E-state index contributed by atoms with van der Waals surface area (Å²) in [6, 6.07) is 16.9. The smallest absolute Gasteiger partial charge is 0.340 e. The van der Waals surface area contributed by atoms with Gasteiger partial charge in [0.1, 0.15) is 11.6 Å². The van der Waals surface area contributed by atoms with Crippen LogP contribution in [-0.4, -0.2) is 64.2 Å². The molecule has 0 saturated carbocycles. The van der Waals surface area contributed by atoms with Crippen molar-refractivity contribution in [2.24, 2.45) is 5.92 Å². The molecule has 1 saturated heterocycles. The molecule has 0 N–H and O–H groups in total. The van der Waals surface area contributed by atoms with Gasteiger partial charge in [0.2, 0.25) is 0 Å². The number of aromatic nitrogens is 3. The van der Waals surface area contributed by atoms with E-state index in [1.54, 1.807) is 0 Å². The second kappa shape index (κ2) is 14.3. The number of hydrogen-bond acceptors (Lipinski definition) is 8. The Bertz CT molecular complexity index is 1830. The first-order valence-corrected chi connectivity index (χ1v) is 18.3. The van der Waals surface area contributed by atoms with Crippen molar-refractivity contribution in [3.05, 3.63) is 65.4 Å². The van der Waals surface area contributed by atoms with Crippen LogP contribution in [-0.2, 0) is 19.0 Å². The molecule has 3 unspecified atom stereocenters. The molecule has 4 aromatic rings. The van der Waals surface area contributed by atoms with Gasteiger partial charge in [0.15, 0.2) is 11.8 Å². The molecule has 7 rings (SSSR count). The number of rotatable bonds is 4. The highest BCUT2D eigenvalue weighted by Crippen LogP contribution is 2.40. The van der Waals surface area contributed by atoms with E-state index in [2.05, 4.69) is 75.1 Å². The molecule has 268 valence electrons. The first-order valence-electron chi connectivity index (χ1n) is 18.3. The quantitative estimate of drug-likeness (QED) is 0.198. The molecule has 3 aliphatic rings. The summed E-state index contributed by atoms with van der Waals surface area (Å²) in [6.45, 7) is 20.8. The van der Waals surface area contributed by atoms with Crippen molar-refractivity contribution < 1.29 is 23.7 Å². The minimum absolute atomic E-state index is 0.0464. The average Bonchev–Trinajstić information content (AvgIpc) is 3.49. The van der Waals surface area contributed by atoms with Crippen LogP contribution < -0.4 is 9.64 Å². The van der Waals surface area contributed by atoms with E-state index in [1.165, 1.54) is 5.56 Å². The molecule has 6 bridgehead atoms. The molecule has 9 nitrogen and oxygen atoms in total. The predicted molar refractivity (Wildman–Crippen MR) is 198 cm³/mol. The van der Waals surface area contributed by atoms with Crippen LogP contribution in [0.1, 0.15) is 97.1 Å². The highest BCUT2D eigenvalue weighted by Gasteiger charge is 2.38. The Morgan fingerprint density at radius 3 is 2.52 bits per heavy atom. The normalized spacial score (nSPS) is 22.2. The third-order valence-corrected chi connectivity index (χ3v) is 10.1. The van der Waals surface area contributed by atoms with Gasteiger partial charge in [-0.25, -0.2) is 9.78 Å². The van der Waals surface area contributed by atoms with Crippen LogP contribution in [0.15, 0.2) is 48.5 Å². The number of aryl methyl sites for hydroxylation is 2. The van der Waals surface area contributed by atoms with E-state index in [4.69, 9.17) is 29.0 Å². The highest BCUT2D eigenvalue weighted by molar-refractivity contribution is 5.81. The Morgan fingerprint density at radius 1 is 1.06 bits per heavy atom. The Kier molecular flexibility index (Phi) is 10.3. The van der Waals surface area contributed by atoms with Gasteiger partial charge in [-0.15, -0.1) is 0 Å². The van der Waals surface area contributed by atoms with E-state index < -0.39 is 17.7 Å². The number of carbonyl (C=O) groups excluding carboxylic acids is 1. The molecule has 50 heavy (non-hydrogen) atoms. The molecule has 5 heterocycles. The van der Waals surface area contributed by atoms with E-state index in [1.807, 2.05) is 45.2 Å². The Morgan fingerprint density at radius 2 is 1.80 bits per heavy atom. The third-order valence-electron chi connectivity index (χ3n) is 10.1. The van der Waals surface area contributed by atoms with Crippen molar-refractivity contribution in [3.8, 4) is 28.1 Å². The fraction of sp³-hybridized carbons (Fsp3) is 0.537. The molecule has 2 aromatic carbocycles. The summed E-state index contributed by atoms with van der Waals surface area (Å²) in [6.07, 6.45) is 2.72. The zero-order chi connectivity index (χ0) is 35.8. The zero-order valence-corrected chi connectivity index (χ0v) is 31.3. The van der Waals surface area contributed by atoms with Crippen molar-refractivity contribution >= 4 is 17.4 Å². The lowest BCUT2D eigenvalue weighted by molar-refractivity contribution is -0.166. The fourth-order valence-electron chi connectivity index (χ4n) is 7.09. The van der Waals surface area contributed by atoms with Crippen LogP contribution in [0.4, 0.5) is 5.82 Å². The lowest BCUT2D eigenvalue weighted by Gasteiger charge is -2.41. The molecule has 0 aliphatic carbocycles. The van der Waals surface area contributed by atoms with E-state index in [0.29, 0.717) is 29.4 Å². The van der Waals surface area contributed by atoms with Crippen LogP contribution in [0.2, 0.25) is 0 Å². The molecular formula is C41H54N4O5. The standard InChI is InChI=1S/C41H54N4O5/c1-10-47-39(46)37(50-40(6,7)8)36-28(4)42-35-25-33-31-15-11-14-30(24-31)32-23-26(2)16-17-34(32)49-29(5)27(3)13-12-22-48-41(9)18-20-44(21-19-41)38(36)45(35)43-33/h11,14-17,23-25,27,29,37H,10,12-13,18-22H2,1-9H3. The lowest BCUT2D eigenvalue weighted by atomic mass is 9.92. The first-order chi connectivity index (χ1) is 23.7. The summed E-state index contributed by atoms with van der Waals surface area (Å²) in [5, 5.41) is 5.21.